The number of halogens is 3. The summed E-state index contributed by atoms with van der Waals surface area (Å²) in [5.74, 6) is -0.426. The van der Waals surface area contributed by atoms with E-state index >= 15 is 0 Å². The molecule has 2 atom stereocenters. The van der Waals surface area contributed by atoms with Crippen LogP contribution in [0.3, 0.4) is 0 Å². The number of ether oxygens (including phenoxy) is 1. The van der Waals surface area contributed by atoms with Crippen LogP contribution in [0.1, 0.15) is 38.3 Å². The van der Waals surface area contributed by atoms with Crippen molar-refractivity contribution in [2.45, 2.75) is 57.1 Å². The average Bonchev–Trinajstić information content (AvgIpc) is 3.07. The van der Waals surface area contributed by atoms with Gasteiger partial charge in [0.2, 0.25) is 11.8 Å². The largest absolute Gasteiger partial charge is 0.494 e. The maximum absolute atomic E-state index is 14.6. The van der Waals surface area contributed by atoms with Crippen LogP contribution in [0.15, 0.2) is 102 Å². The van der Waals surface area contributed by atoms with Crippen molar-refractivity contribution in [1.82, 2.24) is 10.2 Å². The highest BCUT2D eigenvalue weighted by molar-refractivity contribution is 7.92. The van der Waals surface area contributed by atoms with E-state index in [9.17, 15) is 18.0 Å². The minimum absolute atomic E-state index is 0.0424. The van der Waals surface area contributed by atoms with Gasteiger partial charge in [-0.15, -0.1) is 0 Å². The van der Waals surface area contributed by atoms with Gasteiger partial charge in [-0.25, -0.2) is 8.42 Å². The third-order valence-corrected chi connectivity index (χ3v) is 10.5. The molecule has 0 saturated heterocycles. The Kier molecular flexibility index (Phi) is 13.2. The summed E-state index contributed by atoms with van der Waals surface area (Å²) in [7, 11) is -4.29. The van der Waals surface area contributed by atoms with Crippen molar-refractivity contribution in [3.63, 3.8) is 0 Å². The minimum atomic E-state index is -4.29. The van der Waals surface area contributed by atoms with Crippen molar-refractivity contribution in [2.24, 2.45) is 0 Å². The van der Waals surface area contributed by atoms with Crippen molar-refractivity contribution in [1.29, 1.82) is 0 Å². The summed E-state index contributed by atoms with van der Waals surface area (Å²) in [5.41, 5.74) is 1.67. The van der Waals surface area contributed by atoms with Crippen LogP contribution in [0, 0.1) is 0 Å². The quantitative estimate of drug-likeness (QED) is 0.135. The molecule has 254 valence electrons. The lowest BCUT2D eigenvalue weighted by Crippen LogP contribution is -2.54. The summed E-state index contributed by atoms with van der Waals surface area (Å²) in [5, 5.41) is 4.00. The second kappa shape index (κ2) is 17.1. The predicted molar refractivity (Wildman–Crippen MR) is 192 cm³/mol. The first-order valence-electron chi connectivity index (χ1n) is 15.5. The molecule has 4 rings (SSSR count). The topological polar surface area (TPSA) is 96.0 Å². The SMILES string of the molecule is CCOc1ccc(N(CC(=O)N(Cc2ccc(Cl)c(Cl)c2)[C@@H](Cc2ccccc2)C(=O)N[C@H](C)CC)S(=O)(=O)c2ccc(Cl)cc2)cc1. The van der Waals surface area contributed by atoms with Crippen LogP contribution in [0.25, 0.3) is 0 Å². The molecular formula is C36H38Cl3N3O5S. The summed E-state index contributed by atoms with van der Waals surface area (Å²) in [6, 6.07) is 25.3. The molecule has 4 aromatic rings. The summed E-state index contributed by atoms with van der Waals surface area (Å²) in [4.78, 5) is 29.9. The molecule has 0 fully saturated rings. The van der Waals surface area contributed by atoms with Gasteiger partial charge in [0.05, 0.1) is 27.2 Å². The lowest BCUT2D eigenvalue weighted by atomic mass is 10.0. The van der Waals surface area contributed by atoms with Gasteiger partial charge in [-0.3, -0.25) is 13.9 Å². The normalized spacial score (nSPS) is 12.5. The molecule has 1 N–H and O–H groups in total. The Balaban J connectivity index is 1.82. The van der Waals surface area contributed by atoms with Crippen LogP contribution >= 0.6 is 34.8 Å². The highest BCUT2D eigenvalue weighted by Crippen LogP contribution is 2.29. The van der Waals surface area contributed by atoms with Crippen molar-refractivity contribution >= 4 is 62.3 Å². The monoisotopic (exact) mass is 729 g/mol. The Morgan fingerprint density at radius 3 is 2.10 bits per heavy atom. The second-order valence-electron chi connectivity index (χ2n) is 11.2. The van der Waals surface area contributed by atoms with Gasteiger partial charge in [-0.2, -0.15) is 0 Å². The maximum atomic E-state index is 14.6. The van der Waals surface area contributed by atoms with E-state index in [0.29, 0.717) is 34.4 Å². The molecule has 0 unspecified atom stereocenters. The van der Waals surface area contributed by atoms with Crippen LogP contribution in [-0.4, -0.2) is 50.4 Å². The number of hydrogen-bond acceptors (Lipinski definition) is 5. The molecule has 12 heteroatoms. The molecule has 0 bridgehead atoms. The van der Waals surface area contributed by atoms with Gasteiger partial charge in [0.1, 0.15) is 18.3 Å². The zero-order chi connectivity index (χ0) is 34.8. The number of sulfonamides is 1. The fourth-order valence-electron chi connectivity index (χ4n) is 4.97. The Hall–Kier alpha value is -3.76. The number of rotatable bonds is 15. The van der Waals surface area contributed by atoms with E-state index in [1.807, 2.05) is 51.1 Å². The lowest BCUT2D eigenvalue weighted by Gasteiger charge is -2.34. The van der Waals surface area contributed by atoms with Gasteiger partial charge < -0.3 is 15.0 Å². The summed E-state index contributed by atoms with van der Waals surface area (Å²) in [6.07, 6.45) is 0.860. The van der Waals surface area contributed by atoms with Gasteiger partial charge >= 0.3 is 0 Å². The smallest absolute Gasteiger partial charge is 0.264 e. The Labute approximate surface area is 297 Å². The average molecular weight is 731 g/mol. The minimum Gasteiger partial charge on any atom is -0.494 e. The van der Waals surface area contributed by atoms with Crippen molar-refractivity contribution < 1.29 is 22.7 Å². The second-order valence-corrected chi connectivity index (χ2v) is 14.3. The van der Waals surface area contributed by atoms with E-state index in [-0.39, 0.29) is 40.5 Å². The number of anilines is 1. The molecule has 0 radical (unpaired) electrons. The molecular weight excluding hydrogens is 693 g/mol. The van der Waals surface area contributed by atoms with Gasteiger partial charge in [-0.05, 0) is 92.1 Å². The first kappa shape index (κ1) is 37.1. The van der Waals surface area contributed by atoms with Crippen LogP contribution in [0.5, 0.6) is 5.75 Å². The van der Waals surface area contributed by atoms with Crippen molar-refractivity contribution in [3.05, 3.63) is 123 Å². The molecule has 2 amide bonds. The van der Waals surface area contributed by atoms with E-state index in [1.54, 1.807) is 42.5 Å². The highest BCUT2D eigenvalue weighted by atomic mass is 35.5. The molecule has 0 spiro atoms. The first-order valence-corrected chi connectivity index (χ1v) is 18.1. The van der Waals surface area contributed by atoms with Crippen LogP contribution in [0.4, 0.5) is 5.69 Å². The standard InChI is InChI=1S/C36H38Cl3N3O5S/c1-4-25(3)40-36(44)34(22-26-9-7-6-8-10-26)41(23-27-11-20-32(38)33(39)21-27)35(43)24-42(29-14-16-30(17-15-29)47-5-2)48(45,46)31-18-12-28(37)13-19-31/h6-21,25,34H,4-5,22-24H2,1-3H3,(H,40,44)/t25-,34+/m1/s1. The predicted octanol–water partition coefficient (Wildman–Crippen LogP) is 7.80. The molecule has 0 heterocycles. The number of benzene rings is 4. The van der Waals surface area contributed by atoms with E-state index in [4.69, 9.17) is 39.5 Å². The van der Waals surface area contributed by atoms with Gasteiger partial charge in [0.25, 0.3) is 10.0 Å². The molecule has 0 aliphatic rings. The van der Waals surface area contributed by atoms with E-state index in [0.717, 1.165) is 9.87 Å². The number of hydrogen-bond donors (Lipinski definition) is 1. The number of nitrogens with one attached hydrogen (secondary N) is 1. The highest BCUT2D eigenvalue weighted by Gasteiger charge is 2.35. The third kappa shape index (κ3) is 9.66. The first-order chi connectivity index (χ1) is 22.9. The van der Waals surface area contributed by atoms with Gasteiger partial charge in [-0.1, -0.05) is 78.1 Å². The van der Waals surface area contributed by atoms with Crippen LogP contribution < -0.4 is 14.4 Å². The van der Waals surface area contributed by atoms with E-state index in [2.05, 4.69) is 5.32 Å². The Bertz CT molecular complexity index is 1790. The molecule has 48 heavy (non-hydrogen) atoms. The van der Waals surface area contributed by atoms with Crippen LogP contribution in [-0.2, 0) is 32.6 Å². The summed E-state index contributed by atoms with van der Waals surface area (Å²) < 4.78 is 35.0. The zero-order valence-corrected chi connectivity index (χ0v) is 30.0. The molecule has 0 aliphatic carbocycles. The van der Waals surface area contributed by atoms with Crippen LogP contribution in [0.2, 0.25) is 15.1 Å². The van der Waals surface area contributed by atoms with Gasteiger partial charge in [0.15, 0.2) is 0 Å². The van der Waals surface area contributed by atoms with E-state index < -0.39 is 28.5 Å². The number of carbonyl (C=O) groups excluding carboxylic acids is 2. The molecule has 0 aromatic heterocycles. The fourth-order valence-corrected chi connectivity index (χ4v) is 6.83. The molecule has 0 aliphatic heterocycles. The molecule has 0 saturated carbocycles. The summed E-state index contributed by atoms with van der Waals surface area (Å²) in [6.45, 7) is 5.45. The molecule has 4 aromatic carbocycles. The fraction of sp³-hybridized carbons (Fsp3) is 0.278. The number of carbonyl (C=O) groups is 2. The molecule has 8 nitrogen and oxygen atoms in total. The van der Waals surface area contributed by atoms with E-state index in [1.165, 1.54) is 29.2 Å². The Morgan fingerprint density at radius 1 is 0.833 bits per heavy atom. The summed E-state index contributed by atoms with van der Waals surface area (Å²) >= 11 is 18.6. The van der Waals surface area contributed by atoms with Crippen molar-refractivity contribution in [3.8, 4) is 5.75 Å². The third-order valence-electron chi connectivity index (χ3n) is 7.73. The Morgan fingerprint density at radius 2 is 1.50 bits per heavy atom. The van der Waals surface area contributed by atoms with Crippen molar-refractivity contribution in [2.75, 3.05) is 17.5 Å². The number of nitrogens with zero attached hydrogens (tertiary/aromatic N) is 2. The van der Waals surface area contributed by atoms with Gasteiger partial charge in [0, 0.05) is 24.0 Å². The number of amides is 2. The zero-order valence-electron chi connectivity index (χ0n) is 26.9. The lowest BCUT2D eigenvalue weighted by molar-refractivity contribution is -0.140. The maximum Gasteiger partial charge on any atom is 0.264 e.